The van der Waals surface area contributed by atoms with Crippen molar-refractivity contribution in [3.05, 3.63) is 64.2 Å². The summed E-state index contributed by atoms with van der Waals surface area (Å²) in [5.41, 5.74) is 13.2. The maximum atomic E-state index is 14.9. The number of pyridine rings is 1. The second-order valence-corrected chi connectivity index (χ2v) is 8.38. The summed E-state index contributed by atoms with van der Waals surface area (Å²) >= 11 is 1.51. The number of carbonyl (C=O) groups excluding carboxylic acids is 1. The average molecular weight is 454 g/mol. The maximum Gasteiger partial charge on any atom is 0.252 e. The summed E-state index contributed by atoms with van der Waals surface area (Å²) in [5.74, 6) is -1.36. The number of fused-ring (bicyclic) bond motifs is 1. The second kappa shape index (κ2) is 8.93. The van der Waals surface area contributed by atoms with Crippen LogP contribution in [0.1, 0.15) is 35.1 Å². The molecule has 6 N–H and O–H groups in total. The Morgan fingerprint density at radius 2 is 2.09 bits per heavy atom. The van der Waals surface area contributed by atoms with Gasteiger partial charge in [-0.2, -0.15) is 5.10 Å². The molecule has 0 radical (unpaired) electrons. The fraction of sp³-hybridized carbons (Fsp3) is 0.227. The number of halogens is 1. The van der Waals surface area contributed by atoms with Gasteiger partial charge in [0.05, 0.1) is 29.0 Å². The summed E-state index contributed by atoms with van der Waals surface area (Å²) in [6.45, 7) is 4.54. The summed E-state index contributed by atoms with van der Waals surface area (Å²) in [5, 5.41) is 13.4. The zero-order chi connectivity index (χ0) is 22.8. The van der Waals surface area contributed by atoms with Crippen molar-refractivity contribution in [3.63, 3.8) is 0 Å². The molecule has 0 unspecified atom stereocenters. The van der Waals surface area contributed by atoms with E-state index in [0.29, 0.717) is 12.2 Å². The van der Waals surface area contributed by atoms with Crippen molar-refractivity contribution in [2.75, 3.05) is 10.6 Å². The third-order valence-corrected chi connectivity index (χ3v) is 6.10. The van der Waals surface area contributed by atoms with Gasteiger partial charge in [0.15, 0.2) is 11.6 Å². The van der Waals surface area contributed by atoms with Crippen LogP contribution in [0.25, 0.3) is 10.9 Å². The Bertz CT molecular complexity index is 1250. The van der Waals surface area contributed by atoms with Gasteiger partial charge in [0.2, 0.25) is 0 Å². The molecule has 0 spiro atoms. The lowest BCUT2D eigenvalue weighted by Gasteiger charge is -2.23. The van der Waals surface area contributed by atoms with Crippen LogP contribution in [0.4, 0.5) is 21.7 Å². The summed E-state index contributed by atoms with van der Waals surface area (Å²) < 4.78 is 16.7. The first kappa shape index (κ1) is 21.7. The first-order chi connectivity index (χ1) is 15.4. The Hall–Kier alpha value is -3.50. The molecule has 10 heteroatoms. The number of aryl methyl sites for hydroxylation is 1. The molecule has 3 aromatic heterocycles. The second-order valence-electron chi connectivity index (χ2n) is 7.40. The number of carbonyl (C=O) groups is 1. The molecule has 0 bridgehead atoms. The lowest BCUT2D eigenvalue weighted by atomic mass is 10.1. The number of nitrogens with zero attached hydrogens (tertiary/aromatic N) is 3. The van der Waals surface area contributed by atoms with Crippen LogP contribution in [-0.2, 0) is 6.54 Å². The van der Waals surface area contributed by atoms with Crippen LogP contribution in [0.15, 0.2) is 48.0 Å². The number of nitrogens with one attached hydrogen (secondary N) is 2. The molecule has 1 amide bonds. The zero-order valence-electron chi connectivity index (χ0n) is 17.7. The lowest BCUT2D eigenvalue weighted by Crippen LogP contribution is -2.30. The number of hydrogen-bond donors (Lipinski definition) is 4. The van der Waals surface area contributed by atoms with Gasteiger partial charge in [-0.1, -0.05) is 12.1 Å². The number of nitrogens with two attached hydrogens (primary N) is 2. The van der Waals surface area contributed by atoms with Gasteiger partial charge in [-0.15, -0.1) is 11.3 Å². The van der Waals surface area contributed by atoms with Crippen LogP contribution < -0.4 is 22.1 Å². The van der Waals surface area contributed by atoms with E-state index < -0.39 is 11.7 Å². The molecule has 32 heavy (non-hydrogen) atoms. The molecule has 0 aliphatic heterocycles. The van der Waals surface area contributed by atoms with E-state index in [0.717, 1.165) is 21.8 Å². The third-order valence-electron chi connectivity index (χ3n) is 5.15. The highest BCUT2D eigenvalue weighted by molar-refractivity contribution is 7.10. The molecule has 8 nitrogen and oxygen atoms in total. The standard InChI is InChI=1S/C22H24FN7OS/c1-3-30-17-7-4-6-16(14(17)11-26-30)27-21-13(20(25)31)10-15(23)22(29-21)28-19(12(2)24)18-8-5-9-32-18/h4-12,19H,3,24H2,1-2H3,(H2,25,31)(H2,27,28,29)/t12-,19-/m0/s1. The van der Waals surface area contributed by atoms with E-state index in [2.05, 4.69) is 20.7 Å². The molecule has 2 atom stereocenters. The van der Waals surface area contributed by atoms with E-state index in [1.54, 1.807) is 6.20 Å². The van der Waals surface area contributed by atoms with E-state index in [9.17, 15) is 9.18 Å². The van der Waals surface area contributed by atoms with Crippen LogP contribution >= 0.6 is 11.3 Å². The lowest BCUT2D eigenvalue weighted by molar-refractivity contribution is 0.100. The Labute approximate surface area is 188 Å². The van der Waals surface area contributed by atoms with Crippen LogP contribution in [0.3, 0.4) is 0 Å². The van der Waals surface area contributed by atoms with Gasteiger partial charge in [0, 0.05) is 22.8 Å². The number of hydrogen-bond acceptors (Lipinski definition) is 7. The van der Waals surface area contributed by atoms with E-state index in [1.807, 2.05) is 54.2 Å². The van der Waals surface area contributed by atoms with Crippen LogP contribution in [0, 0.1) is 5.82 Å². The molecule has 0 fully saturated rings. The minimum Gasteiger partial charge on any atom is -0.365 e. The van der Waals surface area contributed by atoms with Crippen molar-refractivity contribution < 1.29 is 9.18 Å². The molecular weight excluding hydrogens is 429 g/mol. The number of amides is 1. The van der Waals surface area contributed by atoms with Crippen molar-refractivity contribution in [2.45, 2.75) is 32.5 Å². The normalized spacial score (nSPS) is 13.1. The maximum absolute atomic E-state index is 14.9. The minimum atomic E-state index is -0.788. The van der Waals surface area contributed by atoms with E-state index >= 15 is 0 Å². The predicted molar refractivity (Wildman–Crippen MR) is 126 cm³/mol. The van der Waals surface area contributed by atoms with Crippen molar-refractivity contribution in [1.82, 2.24) is 14.8 Å². The van der Waals surface area contributed by atoms with Crippen molar-refractivity contribution >= 4 is 45.5 Å². The van der Waals surface area contributed by atoms with Gasteiger partial charge in [-0.05, 0) is 43.5 Å². The van der Waals surface area contributed by atoms with Crippen LogP contribution in [0.2, 0.25) is 0 Å². The molecule has 3 heterocycles. The zero-order valence-corrected chi connectivity index (χ0v) is 18.5. The summed E-state index contributed by atoms with van der Waals surface area (Å²) in [4.78, 5) is 17.4. The molecular formula is C22H24FN7OS. The molecule has 4 rings (SSSR count). The van der Waals surface area contributed by atoms with Crippen molar-refractivity contribution in [3.8, 4) is 0 Å². The highest BCUT2D eigenvalue weighted by Gasteiger charge is 2.22. The number of rotatable bonds is 8. The SMILES string of the molecule is CCn1ncc2c(Nc3nc(N[C@H](c4cccs4)[C@H](C)N)c(F)cc3C(N)=O)cccc21. The average Bonchev–Trinajstić information content (AvgIpc) is 3.43. The van der Waals surface area contributed by atoms with Gasteiger partial charge in [-0.3, -0.25) is 9.48 Å². The van der Waals surface area contributed by atoms with Crippen LogP contribution in [-0.4, -0.2) is 26.7 Å². The minimum absolute atomic E-state index is 0.0235. The number of primary amides is 1. The largest absolute Gasteiger partial charge is 0.365 e. The fourth-order valence-corrected chi connectivity index (χ4v) is 4.43. The Morgan fingerprint density at radius 3 is 2.75 bits per heavy atom. The third kappa shape index (κ3) is 4.14. The molecule has 0 aliphatic rings. The molecule has 166 valence electrons. The van der Waals surface area contributed by atoms with E-state index in [4.69, 9.17) is 11.5 Å². The van der Waals surface area contributed by atoms with Gasteiger partial charge < -0.3 is 22.1 Å². The molecule has 1 aromatic carbocycles. The number of benzene rings is 1. The summed E-state index contributed by atoms with van der Waals surface area (Å²) in [6.07, 6.45) is 1.73. The molecule has 0 saturated carbocycles. The first-order valence-corrected chi connectivity index (χ1v) is 11.0. The fourth-order valence-electron chi connectivity index (χ4n) is 3.54. The van der Waals surface area contributed by atoms with Gasteiger partial charge in [-0.25, -0.2) is 9.37 Å². The summed E-state index contributed by atoms with van der Waals surface area (Å²) in [7, 11) is 0. The Balaban J connectivity index is 1.75. The van der Waals surface area contributed by atoms with E-state index in [1.165, 1.54) is 11.3 Å². The quantitative estimate of drug-likeness (QED) is 0.320. The monoisotopic (exact) mass is 453 g/mol. The number of thiophene rings is 1. The number of anilines is 3. The topological polar surface area (TPSA) is 124 Å². The van der Waals surface area contributed by atoms with Gasteiger partial charge in [0.1, 0.15) is 5.82 Å². The van der Waals surface area contributed by atoms with Gasteiger partial charge >= 0.3 is 0 Å². The molecule has 0 saturated heterocycles. The molecule has 0 aliphatic carbocycles. The highest BCUT2D eigenvalue weighted by atomic mass is 32.1. The Kier molecular flexibility index (Phi) is 6.06. The highest BCUT2D eigenvalue weighted by Crippen LogP contribution is 2.31. The predicted octanol–water partition coefficient (Wildman–Crippen LogP) is 3.99. The van der Waals surface area contributed by atoms with Crippen molar-refractivity contribution in [2.24, 2.45) is 11.5 Å². The van der Waals surface area contributed by atoms with Gasteiger partial charge in [0.25, 0.3) is 5.91 Å². The van der Waals surface area contributed by atoms with Crippen molar-refractivity contribution in [1.29, 1.82) is 0 Å². The number of aromatic nitrogens is 3. The first-order valence-electron chi connectivity index (χ1n) is 10.2. The molecule has 4 aromatic rings. The Morgan fingerprint density at radius 1 is 1.28 bits per heavy atom. The summed E-state index contributed by atoms with van der Waals surface area (Å²) in [6, 6.07) is 9.91. The van der Waals surface area contributed by atoms with E-state index in [-0.39, 0.29) is 29.3 Å². The van der Waals surface area contributed by atoms with Crippen LogP contribution in [0.5, 0.6) is 0 Å². The smallest absolute Gasteiger partial charge is 0.252 e.